The summed E-state index contributed by atoms with van der Waals surface area (Å²) in [6.45, 7) is 0. The highest BCUT2D eigenvalue weighted by atomic mass is 127. The monoisotopic (exact) mass is 297 g/mol. The summed E-state index contributed by atoms with van der Waals surface area (Å²) >= 11 is 8.16. The van der Waals surface area contributed by atoms with E-state index in [1.807, 2.05) is 19.2 Å². The molecule has 2 nitrogen and oxygen atoms in total. The third-order valence-corrected chi connectivity index (χ3v) is 2.41. The first kappa shape index (κ1) is 9.92. The molecular weight excluding hydrogens is 288 g/mol. The van der Waals surface area contributed by atoms with Gasteiger partial charge in [0.1, 0.15) is 5.75 Å². The summed E-state index contributed by atoms with van der Waals surface area (Å²) in [6, 6.07) is 3.81. The molecule has 0 unspecified atom stereocenters. The normalized spacial score (nSPS) is 9.67. The van der Waals surface area contributed by atoms with E-state index < -0.39 is 0 Å². The lowest BCUT2D eigenvalue weighted by molar-refractivity contribution is 0.416. The minimum atomic E-state index is 0.682. The fourth-order valence-electron chi connectivity index (χ4n) is 0.954. The van der Waals surface area contributed by atoms with Crippen LogP contribution in [-0.4, -0.2) is 14.2 Å². The molecule has 0 fully saturated rings. The summed E-state index contributed by atoms with van der Waals surface area (Å²) in [6.07, 6.45) is 0. The van der Waals surface area contributed by atoms with Gasteiger partial charge in [-0.1, -0.05) is 11.6 Å². The molecule has 0 aliphatic rings. The fraction of sp³-hybridized carbons (Fsp3) is 0.250. The Balaban J connectivity index is 3.24. The van der Waals surface area contributed by atoms with Crippen molar-refractivity contribution in [3.63, 3.8) is 0 Å². The molecule has 0 spiro atoms. The number of benzene rings is 1. The SMILES string of the molecule is CNc1c(Cl)cc(I)cc1OC. The predicted octanol–water partition coefficient (Wildman–Crippen LogP) is 2.99. The van der Waals surface area contributed by atoms with Crippen molar-refractivity contribution in [1.82, 2.24) is 0 Å². The smallest absolute Gasteiger partial charge is 0.144 e. The molecule has 12 heavy (non-hydrogen) atoms. The number of rotatable bonds is 2. The lowest BCUT2D eigenvalue weighted by Gasteiger charge is -2.09. The number of hydrogen-bond donors (Lipinski definition) is 1. The largest absolute Gasteiger partial charge is 0.494 e. The molecule has 0 atom stereocenters. The summed E-state index contributed by atoms with van der Waals surface area (Å²) in [5, 5.41) is 3.66. The highest BCUT2D eigenvalue weighted by Gasteiger charge is 2.06. The Morgan fingerprint density at radius 2 is 2.17 bits per heavy atom. The second kappa shape index (κ2) is 4.18. The first-order chi connectivity index (χ1) is 5.69. The van der Waals surface area contributed by atoms with Crippen LogP contribution in [0, 0.1) is 3.57 Å². The lowest BCUT2D eigenvalue weighted by atomic mass is 10.3. The van der Waals surface area contributed by atoms with Gasteiger partial charge in [0.15, 0.2) is 0 Å². The maximum atomic E-state index is 5.97. The fourth-order valence-corrected chi connectivity index (χ4v) is 2.04. The minimum Gasteiger partial charge on any atom is -0.494 e. The predicted molar refractivity (Wildman–Crippen MR) is 60.3 cm³/mol. The Morgan fingerprint density at radius 3 is 2.67 bits per heavy atom. The van der Waals surface area contributed by atoms with Crippen LogP contribution in [0.1, 0.15) is 0 Å². The van der Waals surface area contributed by atoms with Crippen LogP contribution in [0.3, 0.4) is 0 Å². The van der Waals surface area contributed by atoms with Gasteiger partial charge in [0.05, 0.1) is 17.8 Å². The summed E-state index contributed by atoms with van der Waals surface area (Å²) < 4.78 is 6.21. The van der Waals surface area contributed by atoms with Gasteiger partial charge in [0, 0.05) is 10.6 Å². The number of nitrogens with one attached hydrogen (secondary N) is 1. The van der Waals surface area contributed by atoms with Crippen LogP contribution in [0.25, 0.3) is 0 Å². The molecule has 0 saturated carbocycles. The summed E-state index contributed by atoms with van der Waals surface area (Å²) in [5.41, 5.74) is 0.833. The van der Waals surface area contributed by atoms with Crippen LogP contribution in [-0.2, 0) is 0 Å². The Hall–Kier alpha value is -0.160. The highest BCUT2D eigenvalue weighted by Crippen LogP contribution is 2.33. The molecule has 4 heteroatoms. The molecule has 1 aromatic rings. The molecule has 0 aromatic heterocycles. The van der Waals surface area contributed by atoms with Gasteiger partial charge in [0.2, 0.25) is 0 Å². The molecular formula is C8H9ClINO. The van der Waals surface area contributed by atoms with Crippen molar-refractivity contribution in [2.75, 3.05) is 19.5 Å². The summed E-state index contributed by atoms with van der Waals surface area (Å²) in [7, 11) is 3.44. The van der Waals surface area contributed by atoms with Gasteiger partial charge >= 0.3 is 0 Å². The van der Waals surface area contributed by atoms with Gasteiger partial charge in [0.25, 0.3) is 0 Å². The standard InChI is InChI=1S/C8H9ClINO/c1-11-8-6(9)3-5(10)4-7(8)12-2/h3-4,11H,1-2H3. The van der Waals surface area contributed by atoms with Gasteiger partial charge in [-0.3, -0.25) is 0 Å². The van der Waals surface area contributed by atoms with Crippen molar-refractivity contribution in [2.45, 2.75) is 0 Å². The molecule has 0 aliphatic heterocycles. The van der Waals surface area contributed by atoms with Crippen LogP contribution in [0.15, 0.2) is 12.1 Å². The lowest BCUT2D eigenvalue weighted by Crippen LogP contribution is -1.95. The summed E-state index contributed by atoms with van der Waals surface area (Å²) in [4.78, 5) is 0. The Kier molecular flexibility index (Phi) is 3.46. The molecule has 0 aliphatic carbocycles. The van der Waals surface area contributed by atoms with Crippen LogP contribution < -0.4 is 10.1 Å². The Labute approximate surface area is 90.4 Å². The van der Waals surface area contributed by atoms with E-state index in [1.54, 1.807) is 7.11 Å². The first-order valence-corrected chi connectivity index (χ1v) is 4.85. The molecule has 1 aromatic carbocycles. The van der Waals surface area contributed by atoms with E-state index in [0.29, 0.717) is 5.02 Å². The van der Waals surface area contributed by atoms with Crippen LogP contribution in [0.5, 0.6) is 5.75 Å². The van der Waals surface area contributed by atoms with Crippen LogP contribution >= 0.6 is 34.2 Å². The average molecular weight is 298 g/mol. The molecule has 66 valence electrons. The maximum Gasteiger partial charge on any atom is 0.144 e. The van der Waals surface area contributed by atoms with Crippen molar-refractivity contribution in [3.8, 4) is 5.75 Å². The molecule has 1 N–H and O–H groups in total. The molecule has 0 heterocycles. The van der Waals surface area contributed by atoms with Gasteiger partial charge in [-0.2, -0.15) is 0 Å². The molecule has 0 radical (unpaired) electrons. The van der Waals surface area contributed by atoms with Crippen molar-refractivity contribution in [3.05, 3.63) is 20.7 Å². The molecule has 0 amide bonds. The molecule has 0 saturated heterocycles. The van der Waals surface area contributed by atoms with Crippen LogP contribution in [0.4, 0.5) is 5.69 Å². The minimum absolute atomic E-state index is 0.682. The highest BCUT2D eigenvalue weighted by molar-refractivity contribution is 14.1. The third-order valence-electron chi connectivity index (χ3n) is 1.49. The van der Waals surface area contributed by atoms with Crippen molar-refractivity contribution in [2.24, 2.45) is 0 Å². The number of anilines is 1. The third kappa shape index (κ3) is 1.95. The second-order valence-corrected chi connectivity index (χ2v) is 3.87. The van der Waals surface area contributed by atoms with Crippen molar-refractivity contribution in [1.29, 1.82) is 0 Å². The van der Waals surface area contributed by atoms with E-state index in [2.05, 4.69) is 27.9 Å². The zero-order valence-corrected chi connectivity index (χ0v) is 9.73. The van der Waals surface area contributed by atoms with Crippen molar-refractivity contribution < 1.29 is 4.74 Å². The van der Waals surface area contributed by atoms with E-state index in [-0.39, 0.29) is 0 Å². The summed E-state index contributed by atoms with van der Waals surface area (Å²) in [5.74, 6) is 0.773. The zero-order chi connectivity index (χ0) is 9.14. The molecule has 1 rings (SSSR count). The van der Waals surface area contributed by atoms with Crippen LogP contribution in [0.2, 0.25) is 5.02 Å². The van der Waals surface area contributed by atoms with E-state index in [4.69, 9.17) is 16.3 Å². The van der Waals surface area contributed by atoms with E-state index in [1.165, 1.54) is 0 Å². The quantitative estimate of drug-likeness (QED) is 0.847. The second-order valence-electron chi connectivity index (χ2n) is 2.21. The number of ether oxygens (including phenoxy) is 1. The molecule has 0 bridgehead atoms. The van der Waals surface area contributed by atoms with Gasteiger partial charge in [-0.15, -0.1) is 0 Å². The van der Waals surface area contributed by atoms with Gasteiger partial charge < -0.3 is 10.1 Å². The maximum absolute atomic E-state index is 5.97. The van der Waals surface area contributed by atoms with Gasteiger partial charge in [-0.25, -0.2) is 0 Å². The van der Waals surface area contributed by atoms with E-state index in [9.17, 15) is 0 Å². The Bertz CT molecular complexity index is 291. The number of methoxy groups -OCH3 is 1. The first-order valence-electron chi connectivity index (χ1n) is 3.40. The topological polar surface area (TPSA) is 21.3 Å². The van der Waals surface area contributed by atoms with Crippen molar-refractivity contribution >= 4 is 39.9 Å². The average Bonchev–Trinajstić information content (AvgIpc) is 2.03. The zero-order valence-electron chi connectivity index (χ0n) is 6.82. The van der Waals surface area contributed by atoms with Gasteiger partial charge in [-0.05, 0) is 34.7 Å². The van der Waals surface area contributed by atoms with E-state index >= 15 is 0 Å². The number of hydrogen-bond acceptors (Lipinski definition) is 2. The number of halogens is 2. The van der Waals surface area contributed by atoms with E-state index in [0.717, 1.165) is 15.0 Å². The Morgan fingerprint density at radius 1 is 1.50 bits per heavy atom.